The predicted molar refractivity (Wildman–Crippen MR) is 80.7 cm³/mol. The second-order valence-electron chi connectivity index (χ2n) is 4.55. The molecule has 0 spiro atoms. The second-order valence-corrected chi connectivity index (χ2v) is 5.84. The summed E-state index contributed by atoms with van der Waals surface area (Å²) in [5, 5.41) is 2.52. The Labute approximate surface area is 135 Å². The third-order valence-corrected chi connectivity index (χ3v) is 3.64. The molecule has 1 aromatic rings. The number of unbranched alkanes of at least 4 members (excludes halogenated alkanes) is 3. The van der Waals surface area contributed by atoms with Gasteiger partial charge in [-0.1, -0.05) is 28.8 Å². The van der Waals surface area contributed by atoms with Gasteiger partial charge in [0.2, 0.25) is 0 Å². The third kappa shape index (κ3) is 6.26. The normalized spacial score (nSPS) is 11.5. The van der Waals surface area contributed by atoms with Crippen LogP contribution in [0.25, 0.3) is 0 Å². The monoisotopic (exact) mass is 385 g/mol. The highest BCUT2D eigenvalue weighted by molar-refractivity contribution is 9.10. The average molecular weight is 387 g/mol. The molecule has 0 aliphatic carbocycles. The highest BCUT2D eigenvalue weighted by Gasteiger charge is 2.35. The molecule has 0 radical (unpaired) electrons. The molecule has 0 aromatic heterocycles. The van der Waals surface area contributed by atoms with Crippen LogP contribution in [-0.4, -0.2) is 18.3 Å². The van der Waals surface area contributed by atoms with E-state index in [4.69, 9.17) is 11.6 Å². The topological polar surface area (TPSA) is 29.1 Å². The van der Waals surface area contributed by atoms with Gasteiger partial charge in [0.1, 0.15) is 0 Å². The maximum absolute atomic E-state index is 12.9. The lowest BCUT2D eigenvalue weighted by molar-refractivity contribution is -0.138. The van der Waals surface area contributed by atoms with Crippen LogP contribution in [0.4, 0.5) is 13.2 Å². The zero-order valence-electron chi connectivity index (χ0n) is 11.3. The Balaban J connectivity index is 2.62. The van der Waals surface area contributed by atoms with Crippen molar-refractivity contribution in [1.29, 1.82) is 0 Å². The lowest BCUT2D eigenvalue weighted by Gasteiger charge is -2.13. The number of hydrogen-bond acceptors (Lipinski definition) is 1. The SMILES string of the molecule is O=C(NCCCCCCCl)c1ccc(Br)cc1C(F)(F)F. The number of nitrogens with one attached hydrogen (secondary N) is 1. The van der Waals surface area contributed by atoms with E-state index in [1.165, 1.54) is 12.1 Å². The molecule has 0 atom stereocenters. The van der Waals surface area contributed by atoms with E-state index in [1.54, 1.807) is 0 Å². The maximum atomic E-state index is 12.9. The molecular formula is C14H16BrClF3NO. The Morgan fingerprint density at radius 1 is 1.19 bits per heavy atom. The Morgan fingerprint density at radius 2 is 1.86 bits per heavy atom. The average Bonchev–Trinajstić information content (AvgIpc) is 2.41. The second kappa shape index (κ2) is 8.63. The highest BCUT2D eigenvalue weighted by atomic mass is 79.9. The van der Waals surface area contributed by atoms with Crippen molar-refractivity contribution in [2.45, 2.75) is 31.9 Å². The van der Waals surface area contributed by atoms with E-state index in [0.717, 1.165) is 31.7 Å². The summed E-state index contributed by atoms with van der Waals surface area (Å²) in [6.45, 7) is 0.356. The molecule has 21 heavy (non-hydrogen) atoms. The van der Waals surface area contributed by atoms with Crippen molar-refractivity contribution in [3.8, 4) is 0 Å². The summed E-state index contributed by atoms with van der Waals surface area (Å²) in [7, 11) is 0. The van der Waals surface area contributed by atoms with Gasteiger partial charge in [-0.3, -0.25) is 4.79 Å². The highest BCUT2D eigenvalue weighted by Crippen LogP contribution is 2.33. The number of hydrogen-bond donors (Lipinski definition) is 1. The molecule has 7 heteroatoms. The van der Waals surface area contributed by atoms with Crippen LogP contribution in [0, 0.1) is 0 Å². The van der Waals surface area contributed by atoms with Gasteiger partial charge >= 0.3 is 6.18 Å². The molecule has 0 saturated heterocycles. The summed E-state index contributed by atoms with van der Waals surface area (Å²) in [6.07, 6.45) is -1.09. The lowest BCUT2D eigenvalue weighted by Crippen LogP contribution is -2.27. The molecule has 0 aliphatic rings. The first-order valence-electron chi connectivity index (χ1n) is 6.57. The van der Waals surface area contributed by atoms with Crippen LogP contribution >= 0.6 is 27.5 Å². The van der Waals surface area contributed by atoms with E-state index in [2.05, 4.69) is 21.2 Å². The van der Waals surface area contributed by atoms with Crippen molar-refractivity contribution in [2.24, 2.45) is 0 Å². The fourth-order valence-corrected chi connectivity index (χ4v) is 2.37. The number of halogens is 5. The van der Waals surface area contributed by atoms with E-state index in [9.17, 15) is 18.0 Å². The van der Waals surface area contributed by atoms with Gasteiger partial charge in [0.15, 0.2) is 0 Å². The van der Waals surface area contributed by atoms with Gasteiger partial charge in [0, 0.05) is 16.9 Å². The van der Waals surface area contributed by atoms with Crippen molar-refractivity contribution in [3.63, 3.8) is 0 Å². The maximum Gasteiger partial charge on any atom is 0.417 e. The van der Waals surface area contributed by atoms with Crippen LogP contribution in [0.3, 0.4) is 0 Å². The van der Waals surface area contributed by atoms with Crippen molar-refractivity contribution < 1.29 is 18.0 Å². The fourth-order valence-electron chi connectivity index (χ4n) is 1.82. The zero-order chi connectivity index (χ0) is 15.9. The standard InChI is InChI=1S/C14H16BrClF3NO/c15-10-5-6-11(12(9-10)14(17,18)19)13(21)20-8-4-2-1-3-7-16/h5-6,9H,1-4,7-8H2,(H,20,21). The van der Waals surface area contributed by atoms with Gasteiger partial charge in [-0.05, 0) is 31.0 Å². The summed E-state index contributed by atoms with van der Waals surface area (Å²) in [5.74, 6) is -0.104. The van der Waals surface area contributed by atoms with Crippen molar-refractivity contribution in [3.05, 3.63) is 33.8 Å². The van der Waals surface area contributed by atoms with Crippen molar-refractivity contribution in [1.82, 2.24) is 5.32 Å². The Hall–Kier alpha value is -0.750. The minimum Gasteiger partial charge on any atom is -0.352 e. The van der Waals surface area contributed by atoms with E-state index in [0.29, 0.717) is 12.4 Å². The summed E-state index contributed by atoms with van der Waals surface area (Å²) >= 11 is 8.52. The molecule has 1 N–H and O–H groups in total. The number of benzene rings is 1. The zero-order valence-corrected chi connectivity index (χ0v) is 13.6. The molecule has 0 bridgehead atoms. The van der Waals surface area contributed by atoms with Crippen LogP contribution in [0.15, 0.2) is 22.7 Å². The smallest absolute Gasteiger partial charge is 0.352 e. The minimum atomic E-state index is -4.56. The number of amides is 1. The third-order valence-electron chi connectivity index (χ3n) is 2.88. The first-order chi connectivity index (χ1) is 9.86. The van der Waals surface area contributed by atoms with Gasteiger partial charge < -0.3 is 5.32 Å². The largest absolute Gasteiger partial charge is 0.417 e. The molecule has 0 unspecified atom stereocenters. The van der Waals surface area contributed by atoms with E-state index in [-0.39, 0.29) is 10.0 Å². The van der Waals surface area contributed by atoms with Crippen LogP contribution < -0.4 is 5.32 Å². The number of carbonyl (C=O) groups excluding carboxylic acids is 1. The van der Waals surface area contributed by atoms with E-state index < -0.39 is 17.6 Å². The quantitative estimate of drug-likeness (QED) is 0.519. The molecule has 118 valence electrons. The molecule has 2 nitrogen and oxygen atoms in total. The summed E-state index contributed by atoms with van der Waals surface area (Å²) < 4.78 is 39.0. The molecule has 0 heterocycles. The first-order valence-corrected chi connectivity index (χ1v) is 7.90. The Kier molecular flexibility index (Phi) is 7.52. The van der Waals surface area contributed by atoms with Crippen LogP contribution in [0.5, 0.6) is 0 Å². The molecule has 0 aliphatic heterocycles. The summed E-state index contributed by atoms with van der Waals surface area (Å²) in [6, 6.07) is 3.51. The van der Waals surface area contributed by atoms with Gasteiger partial charge in [-0.15, -0.1) is 11.6 Å². The minimum absolute atomic E-state index is 0.285. The summed E-state index contributed by atoms with van der Waals surface area (Å²) in [5.41, 5.74) is -1.29. The molecule has 1 aromatic carbocycles. The first kappa shape index (κ1) is 18.3. The molecular weight excluding hydrogens is 371 g/mol. The van der Waals surface area contributed by atoms with Crippen molar-refractivity contribution >= 4 is 33.4 Å². The molecule has 1 rings (SSSR count). The lowest BCUT2D eigenvalue weighted by atomic mass is 10.1. The van der Waals surface area contributed by atoms with Crippen LogP contribution in [0.1, 0.15) is 41.6 Å². The van der Waals surface area contributed by atoms with Gasteiger partial charge in [0.25, 0.3) is 5.91 Å². The van der Waals surface area contributed by atoms with Gasteiger partial charge in [-0.25, -0.2) is 0 Å². The fraction of sp³-hybridized carbons (Fsp3) is 0.500. The number of carbonyl (C=O) groups is 1. The summed E-state index contributed by atoms with van der Waals surface area (Å²) in [4.78, 5) is 11.9. The predicted octanol–water partition coefficient (Wildman–Crippen LogP) is 5.00. The Morgan fingerprint density at radius 3 is 2.48 bits per heavy atom. The Bertz CT molecular complexity index is 480. The van der Waals surface area contributed by atoms with Gasteiger partial charge in [-0.2, -0.15) is 13.2 Å². The van der Waals surface area contributed by atoms with Gasteiger partial charge in [0.05, 0.1) is 11.1 Å². The van der Waals surface area contributed by atoms with Crippen molar-refractivity contribution in [2.75, 3.05) is 12.4 Å². The molecule has 1 amide bonds. The number of alkyl halides is 4. The molecule has 0 fully saturated rings. The molecule has 0 saturated carbocycles. The van der Waals surface area contributed by atoms with E-state index in [1.807, 2.05) is 0 Å². The number of rotatable bonds is 7. The van der Waals surface area contributed by atoms with Crippen LogP contribution in [-0.2, 0) is 6.18 Å². The van der Waals surface area contributed by atoms with Crippen LogP contribution in [0.2, 0.25) is 0 Å². The van der Waals surface area contributed by atoms with E-state index >= 15 is 0 Å².